The van der Waals surface area contributed by atoms with E-state index in [4.69, 9.17) is 5.21 Å². The lowest BCUT2D eigenvalue weighted by Gasteiger charge is -2.12. The first-order valence-corrected chi connectivity index (χ1v) is 9.25. The van der Waals surface area contributed by atoms with E-state index in [1.54, 1.807) is 0 Å². The number of benzene rings is 1. The van der Waals surface area contributed by atoms with E-state index in [-0.39, 0.29) is 0 Å². The van der Waals surface area contributed by atoms with E-state index in [0.29, 0.717) is 12.1 Å². The van der Waals surface area contributed by atoms with Crippen molar-refractivity contribution in [3.8, 4) is 0 Å². The molecule has 0 aliphatic heterocycles. The van der Waals surface area contributed by atoms with Crippen molar-refractivity contribution in [3.05, 3.63) is 35.9 Å². The van der Waals surface area contributed by atoms with Gasteiger partial charge in [-0.15, -0.1) is 0 Å². The van der Waals surface area contributed by atoms with Gasteiger partial charge >= 0.3 is 0 Å². The van der Waals surface area contributed by atoms with Crippen molar-refractivity contribution in [1.82, 2.24) is 0 Å². The molecule has 1 aromatic carbocycles. The largest absolute Gasteiger partial charge is 0.411 e. The average molecular weight is 319 g/mol. The zero-order valence-corrected chi connectivity index (χ0v) is 14.6. The number of hydrogen-bond acceptors (Lipinski definition) is 3. The topological polar surface area (TPSA) is 52.8 Å². The van der Waals surface area contributed by atoms with Gasteiger partial charge in [-0.05, 0) is 6.42 Å². The number of rotatable bonds is 13. The maximum Gasteiger partial charge on any atom is 0.115 e. The molecule has 0 fully saturated rings. The second-order valence-electron chi connectivity index (χ2n) is 6.34. The van der Waals surface area contributed by atoms with Gasteiger partial charge < -0.3 is 10.3 Å². The van der Waals surface area contributed by atoms with Crippen molar-refractivity contribution in [2.45, 2.75) is 83.7 Å². The normalized spacial score (nSPS) is 13.2. The first-order chi connectivity index (χ1) is 11.3. The number of oxime groups is 1. The van der Waals surface area contributed by atoms with E-state index in [1.165, 1.54) is 51.4 Å². The standard InChI is InChI=1S/C20H33NO2/c1-2-3-4-5-6-7-8-9-10-14-17-19(22)20(21-23)18-15-12-11-13-16-18/h11-13,15-16,19,22-23H,2-10,14,17H2,1H3. The van der Waals surface area contributed by atoms with Crippen LogP contribution in [0.25, 0.3) is 0 Å². The second kappa shape index (κ2) is 13.1. The van der Waals surface area contributed by atoms with Gasteiger partial charge in [-0.1, -0.05) is 107 Å². The van der Waals surface area contributed by atoms with E-state index < -0.39 is 6.10 Å². The van der Waals surface area contributed by atoms with Crippen LogP contribution in [0.3, 0.4) is 0 Å². The minimum atomic E-state index is -0.684. The molecule has 1 rings (SSSR count). The fourth-order valence-corrected chi connectivity index (χ4v) is 2.89. The lowest BCUT2D eigenvalue weighted by Crippen LogP contribution is -2.21. The average Bonchev–Trinajstić information content (AvgIpc) is 2.58. The van der Waals surface area contributed by atoms with Gasteiger partial charge in [0.1, 0.15) is 5.71 Å². The highest BCUT2D eigenvalue weighted by Crippen LogP contribution is 2.14. The van der Waals surface area contributed by atoms with Crippen molar-refractivity contribution in [2.24, 2.45) is 5.16 Å². The van der Waals surface area contributed by atoms with Crippen molar-refractivity contribution in [1.29, 1.82) is 0 Å². The van der Waals surface area contributed by atoms with Crippen LogP contribution in [0.15, 0.2) is 35.5 Å². The van der Waals surface area contributed by atoms with E-state index in [2.05, 4.69) is 12.1 Å². The number of nitrogens with zero attached hydrogens (tertiary/aromatic N) is 1. The highest BCUT2D eigenvalue weighted by molar-refractivity contribution is 6.03. The lowest BCUT2D eigenvalue weighted by molar-refractivity contribution is 0.217. The molecule has 0 saturated heterocycles. The van der Waals surface area contributed by atoms with Crippen LogP contribution >= 0.6 is 0 Å². The first kappa shape index (κ1) is 19.7. The Balaban J connectivity index is 2.09. The number of aliphatic hydroxyl groups excluding tert-OH is 1. The Morgan fingerprint density at radius 3 is 1.91 bits per heavy atom. The summed E-state index contributed by atoms with van der Waals surface area (Å²) in [5, 5.41) is 22.6. The van der Waals surface area contributed by atoms with Crippen LogP contribution in [0.4, 0.5) is 0 Å². The van der Waals surface area contributed by atoms with Crippen molar-refractivity contribution >= 4 is 5.71 Å². The SMILES string of the molecule is CCCCCCCCCCCCC(O)C(=NO)c1ccccc1. The molecule has 3 heteroatoms. The molecule has 1 atom stereocenters. The molecule has 0 amide bonds. The minimum absolute atomic E-state index is 0.376. The molecule has 3 nitrogen and oxygen atoms in total. The number of hydrogen-bond donors (Lipinski definition) is 2. The highest BCUT2D eigenvalue weighted by Gasteiger charge is 2.14. The monoisotopic (exact) mass is 319 g/mol. The van der Waals surface area contributed by atoms with Crippen LogP contribution in [-0.4, -0.2) is 22.1 Å². The third-order valence-corrected chi connectivity index (χ3v) is 4.32. The van der Waals surface area contributed by atoms with Crippen LogP contribution < -0.4 is 0 Å². The Morgan fingerprint density at radius 1 is 0.870 bits per heavy atom. The Labute approximate surface area is 141 Å². The molecule has 130 valence electrons. The zero-order chi connectivity index (χ0) is 16.8. The fraction of sp³-hybridized carbons (Fsp3) is 0.650. The predicted molar refractivity (Wildman–Crippen MR) is 97.2 cm³/mol. The van der Waals surface area contributed by atoms with Crippen LogP contribution in [-0.2, 0) is 0 Å². The molecule has 2 N–H and O–H groups in total. The number of unbranched alkanes of at least 4 members (excludes halogenated alkanes) is 9. The predicted octanol–water partition coefficient (Wildman–Crippen LogP) is 5.54. The minimum Gasteiger partial charge on any atom is -0.411 e. The van der Waals surface area contributed by atoms with Gasteiger partial charge in [0.25, 0.3) is 0 Å². The molecule has 1 unspecified atom stereocenters. The maximum absolute atomic E-state index is 10.2. The molecule has 0 aromatic heterocycles. The molecular weight excluding hydrogens is 286 g/mol. The van der Waals surface area contributed by atoms with Crippen LogP contribution in [0.2, 0.25) is 0 Å². The summed E-state index contributed by atoms with van der Waals surface area (Å²) in [6.07, 6.45) is 12.7. The summed E-state index contributed by atoms with van der Waals surface area (Å²) in [6, 6.07) is 9.39. The molecule has 0 heterocycles. The van der Waals surface area contributed by atoms with Crippen LogP contribution in [0.1, 0.15) is 83.1 Å². The molecule has 23 heavy (non-hydrogen) atoms. The second-order valence-corrected chi connectivity index (χ2v) is 6.34. The van der Waals surface area contributed by atoms with Gasteiger partial charge in [-0.3, -0.25) is 0 Å². The van der Waals surface area contributed by atoms with Crippen LogP contribution in [0, 0.1) is 0 Å². The van der Waals surface area contributed by atoms with E-state index in [0.717, 1.165) is 18.4 Å². The van der Waals surface area contributed by atoms with E-state index in [1.807, 2.05) is 30.3 Å². The van der Waals surface area contributed by atoms with Crippen molar-refractivity contribution in [2.75, 3.05) is 0 Å². The number of aliphatic hydroxyl groups is 1. The summed E-state index contributed by atoms with van der Waals surface area (Å²) < 4.78 is 0. The van der Waals surface area contributed by atoms with Gasteiger partial charge in [-0.2, -0.15) is 0 Å². The summed E-state index contributed by atoms with van der Waals surface area (Å²) in [4.78, 5) is 0. The lowest BCUT2D eigenvalue weighted by atomic mass is 9.99. The Kier molecular flexibility index (Phi) is 11.2. The van der Waals surface area contributed by atoms with Crippen molar-refractivity contribution < 1.29 is 10.3 Å². The van der Waals surface area contributed by atoms with Gasteiger partial charge in [-0.25, -0.2) is 0 Å². The van der Waals surface area contributed by atoms with Gasteiger partial charge in [0.15, 0.2) is 0 Å². The third-order valence-electron chi connectivity index (χ3n) is 4.32. The summed E-state index contributed by atoms with van der Waals surface area (Å²) in [6.45, 7) is 2.25. The molecule has 0 saturated carbocycles. The smallest absolute Gasteiger partial charge is 0.115 e. The van der Waals surface area contributed by atoms with E-state index >= 15 is 0 Å². The van der Waals surface area contributed by atoms with Gasteiger partial charge in [0, 0.05) is 5.56 Å². The molecule has 0 bridgehead atoms. The summed E-state index contributed by atoms with van der Waals surface area (Å²) in [7, 11) is 0. The summed E-state index contributed by atoms with van der Waals surface area (Å²) in [5.74, 6) is 0. The quantitative estimate of drug-likeness (QED) is 0.217. The summed E-state index contributed by atoms with van der Waals surface area (Å²) in [5.41, 5.74) is 1.16. The fourth-order valence-electron chi connectivity index (χ4n) is 2.89. The van der Waals surface area contributed by atoms with Gasteiger partial charge in [0.2, 0.25) is 0 Å². The Bertz CT molecular complexity index is 417. The molecule has 0 aliphatic rings. The molecule has 0 aliphatic carbocycles. The Morgan fingerprint density at radius 2 is 1.39 bits per heavy atom. The molecule has 0 spiro atoms. The molecule has 1 aromatic rings. The summed E-state index contributed by atoms with van der Waals surface area (Å²) >= 11 is 0. The first-order valence-electron chi connectivity index (χ1n) is 9.25. The van der Waals surface area contributed by atoms with Crippen LogP contribution in [0.5, 0.6) is 0 Å². The third kappa shape index (κ3) is 8.75. The maximum atomic E-state index is 10.2. The van der Waals surface area contributed by atoms with Gasteiger partial charge in [0.05, 0.1) is 6.10 Å². The van der Waals surface area contributed by atoms with E-state index in [9.17, 15) is 5.11 Å². The molecule has 0 radical (unpaired) electrons. The molecular formula is C20H33NO2. The highest BCUT2D eigenvalue weighted by atomic mass is 16.4. The van der Waals surface area contributed by atoms with Crippen molar-refractivity contribution in [3.63, 3.8) is 0 Å². The Hall–Kier alpha value is -1.35. The zero-order valence-electron chi connectivity index (χ0n) is 14.6.